The number of benzene rings is 9. The summed E-state index contributed by atoms with van der Waals surface area (Å²) in [4.78, 5) is 15.9. The minimum atomic E-state index is 0.558. The molecule has 5 heteroatoms. The van der Waals surface area contributed by atoms with Gasteiger partial charge in [-0.05, 0) is 58.1 Å². The monoisotopic (exact) mass is 791 g/mol. The van der Waals surface area contributed by atoms with Crippen LogP contribution in [0.25, 0.3) is 111 Å². The van der Waals surface area contributed by atoms with E-state index in [0.29, 0.717) is 17.6 Å². The molecule has 0 saturated heterocycles. The second kappa shape index (κ2) is 14.7. The van der Waals surface area contributed by atoms with E-state index in [1.807, 2.05) is 24.3 Å². The number of aromatic nitrogens is 5. The van der Waals surface area contributed by atoms with Gasteiger partial charge in [-0.15, -0.1) is 0 Å². The van der Waals surface area contributed by atoms with E-state index in [4.69, 9.17) is 15.0 Å². The van der Waals surface area contributed by atoms with Gasteiger partial charge in [0.1, 0.15) is 0 Å². The predicted molar refractivity (Wildman–Crippen MR) is 256 cm³/mol. The Morgan fingerprint density at radius 3 is 1.37 bits per heavy atom. The summed E-state index contributed by atoms with van der Waals surface area (Å²) >= 11 is 0. The van der Waals surface area contributed by atoms with Crippen LogP contribution in [0.15, 0.2) is 224 Å². The second-order valence-electron chi connectivity index (χ2n) is 15.6. The van der Waals surface area contributed by atoms with Gasteiger partial charge in [0, 0.05) is 43.9 Å². The van der Waals surface area contributed by atoms with E-state index in [-0.39, 0.29) is 0 Å². The van der Waals surface area contributed by atoms with Gasteiger partial charge in [-0.1, -0.05) is 194 Å². The maximum Gasteiger partial charge on any atom is 0.238 e. The average Bonchev–Trinajstić information content (AvgIpc) is 3.88. The number of para-hydroxylation sites is 2. The molecule has 0 N–H and O–H groups in total. The molecule has 12 rings (SSSR count). The van der Waals surface area contributed by atoms with Crippen molar-refractivity contribution in [2.45, 2.75) is 0 Å². The number of hydrogen-bond acceptors (Lipinski definition) is 3. The molecule has 0 spiro atoms. The Balaban J connectivity index is 1.18. The first-order valence-corrected chi connectivity index (χ1v) is 21.0. The molecule has 0 aliphatic rings. The van der Waals surface area contributed by atoms with Crippen LogP contribution in [0, 0.1) is 0 Å². The highest BCUT2D eigenvalue weighted by Crippen LogP contribution is 2.46. The molecule has 0 bridgehead atoms. The van der Waals surface area contributed by atoms with Crippen LogP contribution in [0.2, 0.25) is 0 Å². The highest BCUT2D eigenvalue weighted by atomic mass is 15.2. The summed E-state index contributed by atoms with van der Waals surface area (Å²) < 4.78 is 4.70. The highest BCUT2D eigenvalue weighted by molar-refractivity contribution is 6.31. The lowest BCUT2D eigenvalue weighted by Gasteiger charge is -2.15. The smallest absolute Gasteiger partial charge is 0.238 e. The van der Waals surface area contributed by atoms with E-state index in [2.05, 4.69) is 209 Å². The summed E-state index contributed by atoms with van der Waals surface area (Å²) in [5.74, 6) is 1.78. The van der Waals surface area contributed by atoms with Gasteiger partial charge >= 0.3 is 0 Å². The standard InChI is InChI=1S/C57H37N5/c1-5-18-38(19-6-1)40-32-34-43(35-33-40)56-58-55(42-24-11-4-12-25-42)59-57(60-56)62-50-31-16-14-29-47(50)53-52-46-28-13-15-30-49(46)61(45-27-17-26-44(36-45)39-20-7-2-8-21-39)51(52)37-48(54(53)62)41-22-9-3-10-23-41/h1-37H. The Bertz CT molecular complexity index is 3590. The Kier molecular flexibility index (Phi) is 8.42. The Hall–Kier alpha value is -8.41. The molecule has 62 heavy (non-hydrogen) atoms. The molecule has 3 aromatic heterocycles. The molecular weight excluding hydrogens is 755 g/mol. The molecular formula is C57H37N5. The van der Waals surface area contributed by atoms with Crippen LogP contribution in [0.1, 0.15) is 0 Å². The third-order valence-electron chi connectivity index (χ3n) is 12.0. The van der Waals surface area contributed by atoms with Crippen LogP contribution in [-0.4, -0.2) is 24.1 Å². The minimum Gasteiger partial charge on any atom is -0.309 e. The van der Waals surface area contributed by atoms with Crippen LogP contribution in [0.3, 0.4) is 0 Å². The quantitative estimate of drug-likeness (QED) is 0.162. The summed E-state index contributed by atoms with van der Waals surface area (Å²) in [6.45, 7) is 0. The first-order valence-electron chi connectivity index (χ1n) is 21.0. The molecule has 290 valence electrons. The zero-order valence-electron chi connectivity index (χ0n) is 33.6. The maximum absolute atomic E-state index is 5.38. The van der Waals surface area contributed by atoms with E-state index in [1.165, 1.54) is 21.9 Å². The molecule has 5 nitrogen and oxygen atoms in total. The van der Waals surface area contributed by atoms with Crippen LogP contribution in [-0.2, 0) is 0 Å². The van der Waals surface area contributed by atoms with Crippen molar-refractivity contribution in [1.29, 1.82) is 0 Å². The van der Waals surface area contributed by atoms with E-state index in [1.54, 1.807) is 0 Å². The molecule has 9 aromatic carbocycles. The van der Waals surface area contributed by atoms with Crippen LogP contribution in [0.4, 0.5) is 0 Å². The molecule has 0 fully saturated rings. The van der Waals surface area contributed by atoms with Crippen molar-refractivity contribution < 1.29 is 0 Å². The molecule has 0 atom stereocenters. The molecule has 0 aliphatic carbocycles. The normalized spacial score (nSPS) is 11.5. The Morgan fingerprint density at radius 2 is 0.742 bits per heavy atom. The van der Waals surface area contributed by atoms with E-state index in [0.717, 1.165) is 71.9 Å². The van der Waals surface area contributed by atoms with Crippen LogP contribution in [0.5, 0.6) is 0 Å². The lowest BCUT2D eigenvalue weighted by Crippen LogP contribution is -2.07. The Morgan fingerprint density at radius 1 is 0.290 bits per heavy atom. The van der Waals surface area contributed by atoms with Gasteiger partial charge in [0.05, 0.1) is 22.1 Å². The van der Waals surface area contributed by atoms with Crippen molar-refractivity contribution in [3.05, 3.63) is 224 Å². The van der Waals surface area contributed by atoms with Crippen LogP contribution < -0.4 is 0 Å². The lowest BCUT2D eigenvalue weighted by molar-refractivity contribution is 0.954. The fourth-order valence-electron chi connectivity index (χ4n) is 9.14. The zero-order chi connectivity index (χ0) is 41.0. The number of rotatable bonds is 7. The van der Waals surface area contributed by atoms with Crippen molar-refractivity contribution in [2.24, 2.45) is 0 Å². The molecule has 3 heterocycles. The molecule has 0 unspecified atom stereocenters. The third kappa shape index (κ3) is 5.90. The fourth-order valence-corrected chi connectivity index (χ4v) is 9.14. The van der Waals surface area contributed by atoms with Crippen molar-refractivity contribution in [3.63, 3.8) is 0 Å². The van der Waals surface area contributed by atoms with Crippen LogP contribution >= 0.6 is 0 Å². The maximum atomic E-state index is 5.38. The first kappa shape index (κ1) is 35.5. The first-order chi connectivity index (χ1) is 30.8. The van der Waals surface area contributed by atoms with Gasteiger partial charge in [0.2, 0.25) is 5.95 Å². The highest BCUT2D eigenvalue weighted by Gasteiger charge is 2.26. The van der Waals surface area contributed by atoms with Gasteiger partial charge in [0.15, 0.2) is 11.6 Å². The lowest BCUT2D eigenvalue weighted by atomic mass is 9.98. The largest absolute Gasteiger partial charge is 0.309 e. The summed E-state index contributed by atoms with van der Waals surface area (Å²) in [5.41, 5.74) is 14.1. The second-order valence-corrected chi connectivity index (χ2v) is 15.6. The summed E-state index contributed by atoms with van der Waals surface area (Å²) in [5, 5.41) is 4.65. The average molecular weight is 792 g/mol. The Labute approximate surface area is 358 Å². The van der Waals surface area contributed by atoms with Crippen molar-refractivity contribution in [3.8, 4) is 67.8 Å². The van der Waals surface area contributed by atoms with E-state index >= 15 is 0 Å². The van der Waals surface area contributed by atoms with E-state index in [9.17, 15) is 0 Å². The number of hydrogen-bond donors (Lipinski definition) is 0. The van der Waals surface area contributed by atoms with Crippen molar-refractivity contribution >= 4 is 43.6 Å². The molecule has 0 radical (unpaired) electrons. The van der Waals surface area contributed by atoms with Crippen molar-refractivity contribution in [1.82, 2.24) is 24.1 Å². The topological polar surface area (TPSA) is 48.5 Å². The summed E-state index contributed by atoms with van der Waals surface area (Å²) in [6, 6.07) is 79.2. The van der Waals surface area contributed by atoms with Gasteiger partial charge in [-0.2, -0.15) is 9.97 Å². The predicted octanol–water partition coefficient (Wildman–Crippen LogP) is 14.4. The SMILES string of the molecule is c1ccc(-c2ccc(-c3nc(-c4ccccc4)nc(-n4c5ccccc5c5c6c7ccccc7n(-c7cccc(-c8ccccc8)c7)c6cc(-c6ccccc6)c54)n3)cc2)cc1. The van der Waals surface area contributed by atoms with Gasteiger partial charge in [0.25, 0.3) is 0 Å². The molecule has 0 aliphatic heterocycles. The number of nitrogens with zero attached hydrogens (tertiary/aromatic N) is 5. The zero-order valence-corrected chi connectivity index (χ0v) is 33.6. The molecule has 0 saturated carbocycles. The van der Waals surface area contributed by atoms with Crippen molar-refractivity contribution in [2.75, 3.05) is 0 Å². The van der Waals surface area contributed by atoms with E-state index < -0.39 is 0 Å². The fraction of sp³-hybridized carbons (Fsp3) is 0. The summed E-state index contributed by atoms with van der Waals surface area (Å²) in [7, 11) is 0. The van der Waals surface area contributed by atoms with Gasteiger partial charge in [-0.3, -0.25) is 4.57 Å². The van der Waals surface area contributed by atoms with Gasteiger partial charge in [-0.25, -0.2) is 4.98 Å². The third-order valence-corrected chi connectivity index (χ3v) is 12.0. The minimum absolute atomic E-state index is 0.558. The summed E-state index contributed by atoms with van der Waals surface area (Å²) in [6.07, 6.45) is 0. The van der Waals surface area contributed by atoms with Gasteiger partial charge < -0.3 is 4.57 Å². The molecule has 0 amide bonds. The molecule has 12 aromatic rings. The number of fused-ring (bicyclic) bond motifs is 7.